The van der Waals surface area contributed by atoms with Crippen molar-refractivity contribution in [2.75, 3.05) is 23.0 Å². The Balaban J connectivity index is 1.41. The van der Waals surface area contributed by atoms with Gasteiger partial charge in [0.15, 0.2) is 0 Å². The first-order valence-corrected chi connectivity index (χ1v) is 19.7. The average molecular weight is 722 g/mol. The Morgan fingerprint density at radius 2 is 1.68 bits per heavy atom. The van der Waals surface area contributed by atoms with Crippen molar-refractivity contribution in [1.82, 2.24) is 25.6 Å². The summed E-state index contributed by atoms with van der Waals surface area (Å²) in [5.41, 5.74) is 3.47. The van der Waals surface area contributed by atoms with Crippen molar-refractivity contribution in [3.8, 4) is 22.5 Å². The van der Waals surface area contributed by atoms with Gasteiger partial charge in [-0.25, -0.2) is 4.68 Å². The summed E-state index contributed by atoms with van der Waals surface area (Å²) in [6, 6.07) is 15.3. The number of hydrogen-bond donors (Lipinski definition) is 3. The first-order valence-electron chi connectivity index (χ1n) is 17.2. The highest BCUT2D eigenvalue weighted by Gasteiger charge is 2.31. The molecule has 0 saturated heterocycles. The minimum absolute atomic E-state index is 0.00714. The zero-order valence-corrected chi connectivity index (χ0v) is 31.7. The standard InChI is InChI=1S/C37H51N7O4S2/c1-26(2)39-32(46)24-44-35-28-14-8-7-13-27(28)23-43(30-16-10-9-15-29(30)34(35)41-42-44)33(47)18-17-31(45)40-36(3,4)25-48-37(5,6)19-22-50-49-21-12-11-20-38/h7-10,13-16,20,26,38H,11-12,17-19,21-25H2,1-6H3,(H,39,46)(H,40,45). The highest BCUT2D eigenvalue weighted by atomic mass is 33.1. The molecule has 3 N–H and O–H groups in total. The lowest BCUT2D eigenvalue weighted by molar-refractivity contribution is -0.127. The van der Waals surface area contributed by atoms with Gasteiger partial charge in [0.1, 0.15) is 12.2 Å². The predicted molar refractivity (Wildman–Crippen MR) is 204 cm³/mol. The van der Waals surface area contributed by atoms with Crippen molar-refractivity contribution in [2.24, 2.45) is 0 Å². The van der Waals surface area contributed by atoms with Crippen LogP contribution in [0, 0.1) is 5.41 Å². The minimum atomic E-state index is -0.619. The highest BCUT2D eigenvalue weighted by Crippen LogP contribution is 2.41. The van der Waals surface area contributed by atoms with Crippen molar-refractivity contribution >= 4 is 51.2 Å². The molecule has 11 nitrogen and oxygen atoms in total. The Labute approximate surface area is 304 Å². The Hall–Kier alpha value is -3.68. The van der Waals surface area contributed by atoms with Crippen LogP contribution in [0.1, 0.15) is 79.2 Å². The van der Waals surface area contributed by atoms with Crippen LogP contribution in [0.25, 0.3) is 22.5 Å². The molecule has 4 rings (SSSR count). The van der Waals surface area contributed by atoms with Gasteiger partial charge in [-0.2, -0.15) is 0 Å². The van der Waals surface area contributed by atoms with Crippen LogP contribution in [0.15, 0.2) is 48.5 Å². The number of aromatic nitrogens is 3. The van der Waals surface area contributed by atoms with Crippen LogP contribution < -0.4 is 15.5 Å². The quantitative estimate of drug-likeness (QED) is 0.0753. The molecule has 3 aromatic rings. The highest BCUT2D eigenvalue weighted by molar-refractivity contribution is 8.76. The van der Waals surface area contributed by atoms with Crippen molar-refractivity contribution in [3.63, 3.8) is 0 Å². The smallest absolute Gasteiger partial charge is 0.242 e. The third kappa shape index (κ3) is 11.2. The maximum Gasteiger partial charge on any atom is 0.242 e. The number of benzene rings is 2. The van der Waals surface area contributed by atoms with E-state index in [1.54, 1.807) is 9.58 Å². The van der Waals surface area contributed by atoms with Gasteiger partial charge in [-0.3, -0.25) is 14.4 Å². The zero-order valence-electron chi connectivity index (χ0n) is 30.1. The molecule has 0 unspecified atom stereocenters. The molecule has 13 heteroatoms. The van der Waals surface area contributed by atoms with Gasteiger partial charge in [0.05, 0.1) is 35.7 Å². The predicted octanol–water partition coefficient (Wildman–Crippen LogP) is 6.65. The number of para-hydroxylation sites is 1. The first-order chi connectivity index (χ1) is 23.8. The molecule has 1 aromatic heterocycles. The molecule has 2 aromatic carbocycles. The normalized spacial score (nSPS) is 12.7. The molecule has 0 spiro atoms. The van der Waals surface area contributed by atoms with E-state index >= 15 is 0 Å². The van der Waals surface area contributed by atoms with Gasteiger partial charge in [-0.15, -0.1) is 5.10 Å². The number of hydrogen-bond acceptors (Lipinski definition) is 9. The molecule has 0 atom stereocenters. The monoisotopic (exact) mass is 721 g/mol. The lowest BCUT2D eigenvalue weighted by Crippen LogP contribution is -2.49. The zero-order chi connectivity index (χ0) is 36.3. The largest absolute Gasteiger partial charge is 0.373 e. The number of amides is 3. The van der Waals surface area contributed by atoms with Crippen LogP contribution in [-0.2, 0) is 32.2 Å². The molecule has 0 saturated carbocycles. The number of anilines is 1. The fraction of sp³-hybridized carbons (Fsp3) is 0.514. The summed E-state index contributed by atoms with van der Waals surface area (Å²) < 4.78 is 7.87. The summed E-state index contributed by atoms with van der Waals surface area (Å²) in [6.45, 7) is 12.5. The summed E-state index contributed by atoms with van der Waals surface area (Å²) in [5, 5.41) is 22.0. The van der Waals surface area contributed by atoms with Gasteiger partial charge in [0.2, 0.25) is 17.7 Å². The summed E-state index contributed by atoms with van der Waals surface area (Å²) in [6.07, 6.45) is 4.23. The van der Waals surface area contributed by atoms with Crippen molar-refractivity contribution in [1.29, 1.82) is 5.41 Å². The molecule has 1 aliphatic heterocycles. The number of fused-ring (bicyclic) bond motifs is 5. The average Bonchev–Trinajstić information content (AvgIpc) is 3.46. The molecular weight excluding hydrogens is 671 g/mol. The molecule has 270 valence electrons. The second-order valence-electron chi connectivity index (χ2n) is 14.0. The van der Waals surface area contributed by atoms with Crippen LogP contribution in [-0.4, -0.2) is 74.2 Å². The first kappa shape index (κ1) is 39.1. The van der Waals surface area contributed by atoms with Crippen molar-refractivity contribution in [3.05, 3.63) is 54.1 Å². The topological polar surface area (TPSA) is 142 Å². The molecule has 3 amide bonds. The fourth-order valence-electron chi connectivity index (χ4n) is 5.58. The van der Waals surface area contributed by atoms with E-state index in [0.717, 1.165) is 53.2 Å². The van der Waals surface area contributed by atoms with Crippen molar-refractivity contribution in [2.45, 2.75) is 104 Å². The Kier molecular flexibility index (Phi) is 14.1. The third-order valence-corrected chi connectivity index (χ3v) is 10.6. The van der Waals surface area contributed by atoms with E-state index in [1.807, 2.05) is 97.8 Å². The van der Waals surface area contributed by atoms with E-state index in [9.17, 15) is 14.4 Å². The van der Waals surface area contributed by atoms with Crippen molar-refractivity contribution < 1.29 is 19.1 Å². The molecule has 50 heavy (non-hydrogen) atoms. The van der Waals surface area contributed by atoms with E-state index in [0.29, 0.717) is 18.0 Å². The van der Waals surface area contributed by atoms with E-state index in [1.165, 1.54) is 6.21 Å². The second-order valence-corrected chi connectivity index (χ2v) is 16.7. The number of ether oxygens (including phenoxy) is 1. The number of carbonyl (C=O) groups is 3. The maximum atomic E-state index is 13.9. The fourth-order valence-corrected chi connectivity index (χ4v) is 7.99. The van der Waals surface area contributed by atoms with Gasteiger partial charge in [-0.05, 0) is 78.6 Å². The van der Waals surface area contributed by atoms with Crippen LogP contribution in [0.3, 0.4) is 0 Å². The Morgan fingerprint density at radius 3 is 2.42 bits per heavy atom. The summed E-state index contributed by atoms with van der Waals surface area (Å²) in [7, 11) is 3.66. The van der Waals surface area contributed by atoms with Crippen LogP contribution in [0.4, 0.5) is 5.69 Å². The van der Waals surface area contributed by atoms with Crippen LogP contribution in [0.5, 0.6) is 0 Å². The molecule has 2 heterocycles. The maximum absolute atomic E-state index is 13.9. The SMILES string of the molecule is CC(C)NC(=O)Cn1nnc2c1-c1ccccc1CN(C(=O)CCC(=O)NC(C)(C)COC(C)(C)CCSSCCCC=N)c1ccccc1-2. The van der Waals surface area contributed by atoms with Gasteiger partial charge in [0.25, 0.3) is 0 Å². The number of nitrogens with one attached hydrogen (secondary N) is 3. The number of carbonyl (C=O) groups excluding carboxylic acids is 3. The number of unbranched alkanes of at least 4 members (excludes halogenated alkanes) is 1. The third-order valence-electron chi connectivity index (χ3n) is 8.14. The van der Waals surface area contributed by atoms with Gasteiger partial charge < -0.3 is 25.7 Å². The lowest BCUT2D eigenvalue weighted by atomic mass is 9.95. The molecule has 0 radical (unpaired) electrons. The van der Waals surface area contributed by atoms with E-state index in [2.05, 4.69) is 34.8 Å². The van der Waals surface area contributed by atoms with E-state index in [-0.39, 0.29) is 55.3 Å². The summed E-state index contributed by atoms with van der Waals surface area (Å²) in [4.78, 5) is 41.6. The second kappa shape index (κ2) is 18.0. The molecular formula is C37H51N7O4S2. The lowest BCUT2D eigenvalue weighted by Gasteiger charge is -2.33. The molecule has 0 aliphatic carbocycles. The molecule has 1 aliphatic rings. The summed E-state index contributed by atoms with van der Waals surface area (Å²) >= 11 is 0. The van der Waals surface area contributed by atoms with E-state index < -0.39 is 5.54 Å². The number of nitrogens with zero attached hydrogens (tertiary/aromatic N) is 4. The minimum Gasteiger partial charge on any atom is -0.373 e. The number of rotatable bonds is 18. The molecule has 0 fully saturated rings. The molecule has 0 bridgehead atoms. The van der Waals surface area contributed by atoms with Gasteiger partial charge in [0, 0.05) is 41.5 Å². The van der Waals surface area contributed by atoms with E-state index in [4.69, 9.17) is 10.1 Å². The van der Waals surface area contributed by atoms with Gasteiger partial charge in [-0.1, -0.05) is 69.3 Å². The Morgan fingerprint density at radius 1 is 0.980 bits per heavy atom. The van der Waals surface area contributed by atoms with Crippen LogP contribution >= 0.6 is 21.6 Å². The Bertz CT molecular complexity index is 1640. The summed E-state index contributed by atoms with van der Waals surface area (Å²) in [5.74, 6) is 1.43. The van der Waals surface area contributed by atoms with Crippen LogP contribution in [0.2, 0.25) is 0 Å². The van der Waals surface area contributed by atoms with Gasteiger partial charge >= 0.3 is 0 Å².